The van der Waals surface area contributed by atoms with Crippen molar-refractivity contribution in [1.82, 2.24) is 25.1 Å². The largest absolute Gasteiger partial charge is 0.335 e. The molecule has 0 aliphatic carbocycles. The Morgan fingerprint density at radius 2 is 2.27 bits per heavy atom. The van der Waals surface area contributed by atoms with E-state index in [1.165, 1.54) is 4.68 Å². The Kier molecular flexibility index (Phi) is 2.55. The number of nitrogen functional groups attached to an aromatic ring is 1. The Labute approximate surface area is 91.5 Å². The van der Waals surface area contributed by atoms with Crippen molar-refractivity contribution in [2.75, 3.05) is 5.84 Å². The highest BCUT2D eigenvalue weighted by Gasteiger charge is 2.09. The highest BCUT2D eigenvalue weighted by molar-refractivity contribution is 7.71. The van der Waals surface area contributed by atoms with Gasteiger partial charge < -0.3 is 5.84 Å². The van der Waals surface area contributed by atoms with Gasteiger partial charge in [0.25, 0.3) is 0 Å². The number of rotatable bonds is 3. The summed E-state index contributed by atoms with van der Waals surface area (Å²) in [4.78, 5) is 0. The average Bonchev–Trinajstić information content (AvgIpc) is 2.77. The molecule has 2 aromatic rings. The number of H-pyrrole nitrogens is 2. The molecular weight excluding hydrogens is 212 g/mol. The molecule has 0 aliphatic heterocycles. The second kappa shape index (κ2) is 3.85. The quantitative estimate of drug-likeness (QED) is 0.536. The number of aromatic amines is 2. The fourth-order valence-corrected chi connectivity index (χ4v) is 1.49. The van der Waals surface area contributed by atoms with Gasteiger partial charge in [0.15, 0.2) is 0 Å². The monoisotopic (exact) mass is 224 g/mol. The number of hydrogen-bond donors (Lipinski definition) is 3. The lowest BCUT2D eigenvalue weighted by atomic mass is 10.2. The lowest BCUT2D eigenvalue weighted by molar-refractivity contribution is 0.866. The van der Waals surface area contributed by atoms with Crippen LogP contribution in [-0.2, 0) is 6.42 Å². The minimum absolute atomic E-state index is 0.380. The first kappa shape index (κ1) is 9.91. The van der Waals surface area contributed by atoms with Gasteiger partial charge in [0.05, 0.1) is 0 Å². The average molecular weight is 224 g/mol. The normalized spacial score (nSPS) is 10.7. The van der Waals surface area contributed by atoms with Gasteiger partial charge in [-0.15, -0.1) is 0 Å². The molecule has 0 atom stereocenters. The van der Waals surface area contributed by atoms with Crippen LogP contribution in [0.25, 0.3) is 11.5 Å². The number of hydrogen-bond acceptors (Lipinski definition) is 4. The van der Waals surface area contributed by atoms with E-state index in [0.29, 0.717) is 16.3 Å². The molecule has 0 aromatic carbocycles. The summed E-state index contributed by atoms with van der Waals surface area (Å²) in [6.07, 6.45) is 2.03. The standard InChI is InChI=1S/C8H12N6S/c1-2-3-5-4-6(11-10-5)7-12-13-8(15)14(7)9/h4H,2-3,9H2,1H3,(H,10,11)(H,13,15). The zero-order valence-corrected chi connectivity index (χ0v) is 9.14. The molecule has 0 unspecified atom stereocenters. The Morgan fingerprint density at radius 3 is 2.87 bits per heavy atom. The minimum Gasteiger partial charge on any atom is -0.335 e. The minimum atomic E-state index is 0.380. The smallest absolute Gasteiger partial charge is 0.214 e. The Morgan fingerprint density at radius 1 is 1.47 bits per heavy atom. The van der Waals surface area contributed by atoms with E-state index in [-0.39, 0.29) is 0 Å². The Bertz CT molecular complexity index is 507. The van der Waals surface area contributed by atoms with Crippen LogP contribution in [-0.4, -0.2) is 25.1 Å². The molecule has 0 aliphatic rings. The summed E-state index contributed by atoms with van der Waals surface area (Å²) in [6.45, 7) is 2.11. The van der Waals surface area contributed by atoms with E-state index in [1.807, 2.05) is 6.07 Å². The Balaban J connectivity index is 2.37. The van der Waals surface area contributed by atoms with Crippen LogP contribution < -0.4 is 5.84 Å². The van der Waals surface area contributed by atoms with Gasteiger partial charge >= 0.3 is 0 Å². The molecule has 0 radical (unpaired) electrons. The van der Waals surface area contributed by atoms with E-state index in [1.54, 1.807) is 0 Å². The van der Waals surface area contributed by atoms with E-state index < -0.39 is 0 Å². The third kappa shape index (κ3) is 1.78. The van der Waals surface area contributed by atoms with E-state index >= 15 is 0 Å². The first-order valence-electron chi connectivity index (χ1n) is 4.69. The fourth-order valence-electron chi connectivity index (χ4n) is 1.36. The summed E-state index contributed by atoms with van der Waals surface area (Å²) in [5, 5.41) is 13.7. The number of aryl methyl sites for hydroxylation is 1. The van der Waals surface area contributed by atoms with Gasteiger partial charge in [-0.3, -0.25) is 5.10 Å². The highest BCUT2D eigenvalue weighted by atomic mass is 32.1. The van der Waals surface area contributed by atoms with Crippen molar-refractivity contribution in [2.45, 2.75) is 19.8 Å². The van der Waals surface area contributed by atoms with Crippen LogP contribution in [0.3, 0.4) is 0 Å². The molecule has 0 saturated carbocycles. The first-order chi connectivity index (χ1) is 7.22. The summed E-state index contributed by atoms with van der Waals surface area (Å²) >= 11 is 4.91. The maximum atomic E-state index is 5.68. The molecule has 7 heteroatoms. The van der Waals surface area contributed by atoms with Crippen molar-refractivity contribution < 1.29 is 0 Å². The fraction of sp³-hybridized carbons (Fsp3) is 0.375. The van der Waals surface area contributed by atoms with Gasteiger partial charge in [0, 0.05) is 5.69 Å². The molecule has 0 fully saturated rings. The van der Waals surface area contributed by atoms with Gasteiger partial charge in [-0.25, -0.2) is 9.77 Å². The van der Waals surface area contributed by atoms with Gasteiger partial charge in [-0.05, 0) is 24.7 Å². The number of nitrogens with one attached hydrogen (secondary N) is 2. The SMILES string of the molecule is CCCc1cc(-c2n[nH]c(=S)n2N)n[nH]1. The van der Waals surface area contributed by atoms with Crippen LogP contribution in [0.2, 0.25) is 0 Å². The summed E-state index contributed by atoms with van der Waals surface area (Å²) < 4.78 is 1.69. The molecular formula is C8H12N6S. The van der Waals surface area contributed by atoms with Gasteiger partial charge in [-0.1, -0.05) is 13.3 Å². The van der Waals surface area contributed by atoms with Crippen LogP contribution in [0, 0.1) is 4.77 Å². The van der Waals surface area contributed by atoms with E-state index in [4.69, 9.17) is 18.1 Å². The van der Waals surface area contributed by atoms with Crippen LogP contribution in [0.4, 0.5) is 0 Å². The Hall–Kier alpha value is -1.63. The predicted molar refractivity (Wildman–Crippen MR) is 59.1 cm³/mol. The summed E-state index contributed by atoms with van der Waals surface area (Å²) in [6, 6.07) is 1.93. The lowest BCUT2D eigenvalue weighted by Crippen LogP contribution is -2.09. The zero-order chi connectivity index (χ0) is 10.8. The number of aromatic nitrogens is 5. The lowest BCUT2D eigenvalue weighted by Gasteiger charge is -1.93. The van der Waals surface area contributed by atoms with Crippen LogP contribution >= 0.6 is 12.2 Å². The molecule has 0 bridgehead atoms. The zero-order valence-electron chi connectivity index (χ0n) is 8.32. The van der Waals surface area contributed by atoms with Gasteiger partial charge in [-0.2, -0.15) is 10.2 Å². The summed E-state index contributed by atoms with van der Waals surface area (Å²) in [5.41, 5.74) is 1.77. The molecule has 2 rings (SSSR count). The number of nitrogens with two attached hydrogens (primary N) is 1. The molecule has 80 valence electrons. The predicted octanol–water partition coefficient (Wildman–Crippen LogP) is 0.997. The van der Waals surface area contributed by atoms with Crippen molar-refractivity contribution in [3.8, 4) is 11.5 Å². The van der Waals surface area contributed by atoms with Crippen molar-refractivity contribution in [3.05, 3.63) is 16.5 Å². The topological polar surface area (TPSA) is 88.3 Å². The summed E-state index contributed by atoms with van der Waals surface area (Å²) in [5.74, 6) is 6.22. The molecule has 0 saturated heterocycles. The highest BCUT2D eigenvalue weighted by Crippen LogP contribution is 2.14. The second-order valence-corrected chi connectivity index (χ2v) is 3.64. The maximum absolute atomic E-state index is 5.68. The third-order valence-corrected chi connectivity index (χ3v) is 2.37. The van der Waals surface area contributed by atoms with Gasteiger partial charge in [0.1, 0.15) is 5.69 Å². The molecule has 15 heavy (non-hydrogen) atoms. The van der Waals surface area contributed by atoms with Crippen molar-refractivity contribution >= 4 is 12.2 Å². The van der Waals surface area contributed by atoms with E-state index in [0.717, 1.165) is 18.5 Å². The summed E-state index contributed by atoms with van der Waals surface area (Å²) in [7, 11) is 0. The second-order valence-electron chi connectivity index (χ2n) is 3.25. The maximum Gasteiger partial charge on any atom is 0.214 e. The van der Waals surface area contributed by atoms with Crippen LogP contribution in [0.15, 0.2) is 6.07 Å². The molecule has 0 amide bonds. The first-order valence-corrected chi connectivity index (χ1v) is 5.10. The van der Waals surface area contributed by atoms with E-state index in [2.05, 4.69) is 27.3 Å². The molecule has 0 spiro atoms. The molecule has 4 N–H and O–H groups in total. The van der Waals surface area contributed by atoms with Crippen molar-refractivity contribution in [3.63, 3.8) is 0 Å². The van der Waals surface area contributed by atoms with Gasteiger partial charge in [0.2, 0.25) is 10.6 Å². The van der Waals surface area contributed by atoms with Crippen LogP contribution in [0.1, 0.15) is 19.0 Å². The molecule has 2 aromatic heterocycles. The molecule has 2 heterocycles. The van der Waals surface area contributed by atoms with Crippen LogP contribution in [0.5, 0.6) is 0 Å². The van der Waals surface area contributed by atoms with Crippen molar-refractivity contribution in [2.24, 2.45) is 0 Å². The molecule has 6 nitrogen and oxygen atoms in total. The van der Waals surface area contributed by atoms with E-state index in [9.17, 15) is 0 Å². The third-order valence-electron chi connectivity index (χ3n) is 2.08. The number of nitrogens with zero attached hydrogens (tertiary/aromatic N) is 3. The van der Waals surface area contributed by atoms with Crippen molar-refractivity contribution in [1.29, 1.82) is 0 Å².